The van der Waals surface area contributed by atoms with Gasteiger partial charge < -0.3 is 17.7 Å². The van der Waals surface area contributed by atoms with Gasteiger partial charge in [-0.15, -0.1) is 0 Å². The molecule has 0 aliphatic carbocycles. The van der Waals surface area contributed by atoms with Gasteiger partial charge in [0.1, 0.15) is 0 Å². The zero-order valence-corrected chi connectivity index (χ0v) is 6.11. The van der Waals surface area contributed by atoms with Gasteiger partial charge in [0, 0.05) is 13.1 Å². The summed E-state index contributed by atoms with van der Waals surface area (Å²) in [4.78, 5) is 0. The van der Waals surface area contributed by atoms with Gasteiger partial charge >= 0.3 is 6.98 Å². The Balaban J connectivity index is 3.21. The van der Waals surface area contributed by atoms with Crippen LogP contribution in [-0.4, -0.2) is 20.1 Å². The highest BCUT2D eigenvalue weighted by Gasteiger charge is 2.22. The van der Waals surface area contributed by atoms with Gasteiger partial charge in [-0.2, -0.15) is 0 Å². The highest BCUT2D eigenvalue weighted by Crippen LogP contribution is 2.08. The predicted octanol–water partition coefficient (Wildman–Crippen LogP) is 2.05. The average Bonchev–Trinajstić information content (AvgIpc) is 1.59. The van der Waals surface area contributed by atoms with E-state index in [9.17, 15) is 12.9 Å². The molecule has 0 spiro atoms. The maximum absolute atomic E-state index is 11.4. The third-order valence-electron chi connectivity index (χ3n) is 0.758. The van der Waals surface area contributed by atoms with Crippen molar-refractivity contribution in [2.75, 3.05) is 13.1 Å². The molecule has 0 aromatic carbocycles. The molecule has 1 nitrogen and oxygen atoms in total. The maximum Gasteiger partial charge on any atom is 0.503 e. The highest BCUT2D eigenvalue weighted by molar-refractivity contribution is 6.58. The number of hydrogen-bond donors (Lipinski definition) is 0. The minimum Gasteiger partial charge on any atom is -0.447 e. The van der Waals surface area contributed by atoms with E-state index in [1.165, 1.54) is 0 Å². The van der Waals surface area contributed by atoms with E-state index in [2.05, 4.69) is 4.74 Å². The summed E-state index contributed by atoms with van der Waals surface area (Å²) >= 11 is 0. The van der Waals surface area contributed by atoms with E-state index in [1.807, 2.05) is 13.8 Å². The molecule has 0 fully saturated rings. The molecule has 0 atom stereocenters. The van der Waals surface area contributed by atoms with E-state index in [4.69, 9.17) is 0 Å². The summed E-state index contributed by atoms with van der Waals surface area (Å²) in [6, 6.07) is 0. The molecule has 0 bridgehead atoms. The fourth-order valence-corrected chi connectivity index (χ4v) is 0.437. The summed E-state index contributed by atoms with van der Waals surface area (Å²) in [5.41, 5.74) is 0. The van der Waals surface area contributed by atoms with E-state index < -0.39 is 13.5 Å². The number of hydrogen-bond acceptors (Lipinski definition) is 1. The first-order valence-corrected chi connectivity index (χ1v) is 3.20. The second-order valence-electron chi connectivity index (χ2n) is 2.64. The Morgan fingerprint density at radius 3 is 2.10 bits per heavy atom. The standard InChI is InChI=1S/C5H11BF3O/c1-5(2)3-10-4-6(7,8)9/h5H,3-4H2,1-2H3/q-1. The van der Waals surface area contributed by atoms with Gasteiger partial charge in [0.25, 0.3) is 0 Å². The van der Waals surface area contributed by atoms with Crippen LogP contribution < -0.4 is 0 Å². The van der Waals surface area contributed by atoms with Crippen LogP contribution in [0.1, 0.15) is 13.8 Å². The zero-order chi connectivity index (χ0) is 8.20. The van der Waals surface area contributed by atoms with Gasteiger partial charge in [-0.3, -0.25) is 0 Å². The van der Waals surface area contributed by atoms with Gasteiger partial charge in [-0.05, 0) is 5.92 Å². The number of rotatable bonds is 4. The molecule has 0 saturated heterocycles. The second kappa shape index (κ2) is 3.86. The van der Waals surface area contributed by atoms with Crippen LogP contribution in [0.3, 0.4) is 0 Å². The van der Waals surface area contributed by atoms with Crippen molar-refractivity contribution >= 4 is 6.98 Å². The lowest BCUT2D eigenvalue weighted by atomic mass is 9.95. The van der Waals surface area contributed by atoms with Gasteiger partial charge in [0.2, 0.25) is 0 Å². The molecule has 0 unspecified atom stereocenters. The molecule has 0 aliphatic rings. The van der Waals surface area contributed by atoms with Crippen molar-refractivity contribution in [3.63, 3.8) is 0 Å². The molecule has 62 valence electrons. The number of ether oxygens (including phenoxy) is 1. The van der Waals surface area contributed by atoms with E-state index in [0.717, 1.165) is 0 Å². The first-order valence-electron chi connectivity index (χ1n) is 3.20. The average molecular weight is 155 g/mol. The summed E-state index contributed by atoms with van der Waals surface area (Å²) in [7, 11) is 0. The van der Waals surface area contributed by atoms with Crippen LogP contribution in [0.2, 0.25) is 0 Å². The van der Waals surface area contributed by atoms with Crippen molar-refractivity contribution in [2.24, 2.45) is 5.92 Å². The van der Waals surface area contributed by atoms with Crippen molar-refractivity contribution in [2.45, 2.75) is 13.8 Å². The smallest absolute Gasteiger partial charge is 0.447 e. The molecule has 5 heteroatoms. The van der Waals surface area contributed by atoms with E-state index in [0.29, 0.717) is 0 Å². The molecular formula is C5H11BF3O-. The molecule has 0 heterocycles. The fourth-order valence-electron chi connectivity index (χ4n) is 0.437. The molecule has 0 amide bonds. The lowest BCUT2D eigenvalue weighted by Crippen LogP contribution is -2.25. The first kappa shape index (κ1) is 9.81. The molecule has 0 N–H and O–H groups in total. The molecule has 0 aromatic rings. The Bertz CT molecular complexity index is 91.4. The quantitative estimate of drug-likeness (QED) is 0.564. The summed E-state index contributed by atoms with van der Waals surface area (Å²) in [5, 5.41) is 0. The fraction of sp³-hybridized carbons (Fsp3) is 1.00. The molecule has 0 aliphatic heterocycles. The van der Waals surface area contributed by atoms with Crippen molar-refractivity contribution in [1.82, 2.24) is 0 Å². The largest absolute Gasteiger partial charge is 0.503 e. The van der Waals surface area contributed by atoms with Crippen LogP contribution in [-0.2, 0) is 4.74 Å². The maximum atomic E-state index is 11.4. The van der Waals surface area contributed by atoms with E-state index >= 15 is 0 Å². The minimum atomic E-state index is -4.75. The van der Waals surface area contributed by atoms with Crippen LogP contribution in [0.5, 0.6) is 0 Å². The van der Waals surface area contributed by atoms with Crippen molar-refractivity contribution in [3.05, 3.63) is 0 Å². The highest BCUT2D eigenvalue weighted by atomic mass is 19.4. The topological polar surface area (TPSA) is 9.23 Å². The Hall–Kier alpha value is -0.185. The molecule has 0 aromatic heterocycles. The third kappa shape index (κ3) is 7.81. The van der Waals surface area contributed by atoms with E-state index in [1.54, 1.807) is 0 Å². The van der Waals surface area contributed by atoms with Crippen LogP contribution in [0.4, 0.5) is 12.9 Å². The zero-order valence-electron chi connectivity index (χ0n) is 6.11. The summed E-state index contributed by atoms with van der Waals surface area (Å²) in [6.45, 7) is -2.02. The third-order valence-corrected chi connectivity index (χ3v) is 0.758. The summed E-state index contributed by atoms with van der Waals surface area (Å²) in [5.74, 6) is 0.165. The molecule has 0 saturated carbocycles. The van der Waals surface area contributed by atoms with Gasteiger partial charge in [0.15, 0.2) is 0 Å². The molecule has 0 rings (SSSR count). The lowest BCUT2D eigenvalue weighted by molar-refractivity contribution is 0.126. The first-order chi connectivity index (χ1) is 4.42. The van der Waals surface area contributed by atoms with Crippen LogP contribution in [0.25, 0.3) is 0 Å². The molecular weight excluding hydrogens is 144 g/mol. The Morgan fingerprint density at radius 2 is 1.80 bits per heavy atom. The van der Waals surface area contributed by atoms with Gasteiger partial charge in [0.05, 0.1) is 0 Å². The number of halogens is 3. The molecule has 0 radical (unpaired) electrons. The Kier molecular flexibility index (Phi) is 3.79. The summed E-state index contributed by atoms with van der Waals surface area (Å²) < 4.78 is 38.7. The predicted molar refractivity (Wildman–Crippen MR) is 34.7 cm³/mol. The van der Waals surface area contributed by atoms with Crippen molar-refractivity contribution in [3.8, 4) is 0 Å². The minimum absolute atomic E-state index is 0.165. The normalized spacial score (nSPS) is 12.6. The Labute approximate surface area is 58.6 Å². The van der Waals surface area contributed by atoms with E-state index in [-0.39, 0.29) is 12.5 Å². The SMILES string of the molecule is CC(C)COC[B-](F)(F)F. The van der Waals surface area contributed by atoms with Crippen molar-refractivity contribution < 1.29 is 17.7 Å². The van der Waals surface area contributed by atoms with Gasteiger partial charge in [-0.25, -0.2) is 0 Å². The Morgan fingerprint density at radius 1 is 1.30 bits per heavy atom. The summed E-state index contributed by atoms with van der Waals surface area (Å²) in [6.07, 6.45) is 0. The lowest BCUT2D eigenvalue weighted by Gasteiger charge is -2.14. The van der Waals surface area contributed by atoms with Crippen molar-refractivity contribution in [1.29, 1.82) is 0 Å². The second-order valence-corrected chi connectivity index (χ2v) is 2.64. The monoisotopic (exact) mass is 155 g/mol. The van der Waals surface area contributed by atoms with Crippen LogP contribution in [0, 0.1) is 5.92 Å². The van der Waals surface area contributed by atoms with Gasteiger partial charge in [-0.1, -0.05) is 13.8 Å². The van der Waals surface area contributed by atoms with Crippen LogP contribution >= 0.6 is 0 Å². The van der Waals surface area contributed by atoms with Crippen LogP contribution in [0.15, 0.2) is 0 Å². The molecule has 10 heavy (non-hydrogen) atoms.